The number of anilines is 1. The third-order valence-electron chi connectivity index (χ3n) is 5.38. The molecular weight excluding hydrogens is 362 g/mol. The fourth-order valence-corrected chi connectivity index (χ4v) is 4.65. The second-order valence-corrected chi connectivity index (χ2v) is 9.27. The van der Waals surface area contributed by atoms with Crippen LogP contribution in [0.3, 0.4) is 0 Å². The number of likely N-dealkylation sites (tertiary alicyclic amines) is 1. The second kappa shape index (κ2) is 8.93. The number of para-hydroxylation sites is 1. The molecule has 1 atom stereocenters. The zero-order valence-electron chi connectivity index (χ0n) is 16.2. The first-order valence-electron chi connectivity index (χ1n) is 9.71. The van der Waals surface area contributed by atoms with Crippen molar-refractivity contribution in [2.75, 3.05) is 31.1 Å². The fraction of sp³-hybridized carbons (Fsp3) is 0.632. The van der Waals surface area contributed by atoms with Gasteiger partial charge in [0, 0.05) is 38.8 Å². The van der Waals surface area contributed by atoms with Gasteiger partial charge >= 0.3 is 0 Å². The van der Waals surface area contributed by atoms with Crippen molar-refractivity contribution < 1.29 is 8.42 Å². The van der Waals surface area contributed by atoms with Gasteiger partial charge in [-0.2, -0.15) is 0 Å². The van der Waals surface area contributed by atoms with Gasteiger partial charge in [0.1, 0.15) is 0 Å². The molecule has 1 aromatic rings. The van der Waals surface area contributed by atoms with Crippen molar-refractivity contribution in [2.45, 2.75) is 50.7 Å². The summed E-state index contributed by atoms with van der Waals surface area (Å²) in [6, 6.07) is 8.56. The van der Waals surface area contributed by atoms with Crippen LogP contribution in [0.1, 0.15) is 37.7 Å². The van der Waals surface area contributed by atoms with Crippen LogP contribution in [0.25, 0.3) is 0 Å². The molecule has 1 aliphatic carbocycles. The van der Waals surface area contributed by atoms with E-state index in [0.717, 1.165) is 43.3 Å². The molecule has 27 heavy (non-hydrogen) atoms. The number of benzene rings is 1. The van der Waals surface area contributed by atoms with Gasteiger partial charge in [-0.1, -0.05) is 31.0 Å². The Hall–Kier alpha value is -1.80. The van der Waals surface area contributed by atoms with Gasteiger partial charge in [-0.3, -0.25) is 14.6 Å². The summed E-state index contributed by atoms with van der Waals surface area (Å²) in [6.45, 7) is 2.72. The zero-order chi connectivity index (χ0) is 19.3. The molecule has 8 heteroatoms. The Morgan fingerprint density at radius 3 is 2.67 bits per heavy atom. The topological polar surface area (TPSA) is 85.8 Å². The van der Waals surface area contributed by atoms with Gasteiger partial charge in [0.15, 0.2) is 5.96 Å². The lowest BCUT2D eigenvalue weighted by atomic mass is 10.2. The van der Waals surface area contributed by atoms with E-state index in [9.17, 15) is 8.42 Å². The summed E-state index contributed by atoms with van der Waals surface area (Å²) in [5.74, 6) is 0.752. The zero-order valence-corrected chi connectivity index (χ0v) is 17.1. The Morgan fingerprint density at radius 1 is 1.22 bits per heavy atom. The molecule has 1 heterocycles. The van der Waals surface area contributed by atoms with Gasteiger partial charge in [-0.05, 0) is 30.9 Å². The molecular formula is C19H31N5O2S. The maximum Gasteiger partial charge on any atom is 0.229 e. The number of hydrogen-bond acceptors (Lipinski definition) is 4. The number of hydrogen-bond donors (Lipinski definition) is 3. The minimum atomic E-state index is -3.31. The van der Waals surface area contributed by atoms with E-state index in [4.69, 9.17) is 0 Å². The van der Waals surface area contributed by atoms with Crippen LogP contribution in [0, 0.1) is 0 Å². The fourth-order valence-electron chi connectivity index (χ4n) is 4.05. The highest BCUT2D eigenvalue weighted by Crippen LogP contribution is 2.26. The number of nitrogens with zero attached hydrogens (tertiary/aromatic N) is 2. The smallest absolute Gasteiger partial charge is 0.229 e. The van der Waals surface area contributed by atoms with Crippen molar-refractivity contribution >= 4 is 21.7 Å². The first kappa shape index (κ1) is 19.9. The van der Waals surface area contributed by atoms with E-state index in [1.807, 2.05) is 18.2 Å². The summed E-state index contributed by atoms with van der Waals surface area (Å²) in [6.07, 6.45) is 7.69. The quantitative estimate of drug-likeness (QED) is 0.506. The van der Waals surface area contributed by atoms with Crippen LogP contribution in [0.2, 0.25) is 0 Å². The van der Waals surface area contributed by atoms with Crippen LogP contribution in [0.15, 0.2) is 29.3 Å². The second-order valence-electron chi connectivity index (χ2n) is 7.52. The average molecular weight is 394 g/mol. The highest BCUT2D eigenvalue weighted by molar-refractivity contribution is 7.92. The van der Waals surface area contributed by atoms with E-state index in [0.29, 0.717) is 18.3 Å². The highest BCUT2D eigenvalue weighted by Gasteiger charge is 2.30. The van der Waals surface area contributed by atoms with Crippen molar-refractivity contribution in [3.05, 3.63) is 29.8 Å². The lowest BCUT2D eigenvalue weighted by Crippen LogP contribution is -2.45. The summed E-state index contributed by atoms with van der Waals surface area (Å²) in [7, 11) is -1.54. The van der Waals surface area contributed by atoms with Crippen molar-refractivity contribution in [3.8, 4) is 0 Å². The maximum absolute atomic E-state index is 11.5. The minimum absolute atomic E-state index is 0.404. The van der Waals surface area contributed by atoms with E-state index in [1.54, 1.807) is 13.1 Å². The molecule has 1 unspecified atom stereocenters. The van der Waals surface area contributed by atoms with Gasteiger partial charge in [0.25, 0.3) is 0 Å². The normalized spacial score (nSPS) is 22.1. The van der Waals surface area contributed by atoms with Gasteiger partial charge < -0.3 is 10.6 Å². The summed E-state index contributed by atoms with van der Waals surface area (Å²) in [4.78, 5) is 6.95. The molecule has 1 saturated heterocycles. The lowest BCUT2D eigenvalue weighted by molar-refractivity contribution is 0.242. The standard InChI is InChI=1S/C19H31N5O2S/c1-20-19(22-16-11-12-24(14-16)17-8-4-5-9-17)21-13-15-7-3-6-10-18(15)23-27(2,25)26/h3,6-7,10,16-17,23H,4-5,8-9,11-14H2,1-2H3,(H2,20,21,22). The van der Waals surface area contributed by atoms with Gasteiger partial charge in [0.05, 0.1) is 11.9 Å². The Labute approximate surface area is 162 Å². The molecule has 1 aliphatic heterocycles. The summed E-state index contributed by atoms with van der Waals surface area (Å²) in [5, 5.41) is 6.82. The number of nitrogens with one attached hydrogen (secondary N) is 3. The molecule has 2 aliphatic rings. The maximum atomic E-state index is 11.5. The van der Waals surface area contributed by atoms with Gasteiger partial charge in [0.2, 0.25) is 10.0 Å². The molecule has 1 saturated carbocycles. The first-order chi connectivity index (χ1) is 12.9. The van der Waals surface area contributed by atoms with Crippen LogP contribution >= 0.6 is 0 Å². The van der Waals surface area contributed by atoms with Crippen molar-refractivity contribution in [3.63, 3.8) is 0 Å². The monoisotopic (exact) mass is 393 g/mol. The molecule has 1 aromatic carbocycles. The number of rotatable bonds is 6. The molecule has 3 N–H and O–H groups in total. The van der Waals surface area contributed by atoms with Crippen LogP contribution in [-0.2, 0) is 16.6 Å². The number of sulfonamides is 1. The van der Waals surface area contributed by atoms with Crippen LogP contribution < -0.4 is 15.4 Å². The summed E-state index contributed by atoms with van der Waals surface area (Å²) >= 11 is 0. The summed E-state index contributed by atoms with van der Waals surface area (Å²) < 4.78 is 25.7. The lowest BCUT2D eigenvalue weighted by Gasteiger charge is -2.24. The molecule has 150 valence electrons. The van der Waals surface area contributed by atoms with Crippen molar-refractivity contribution in [1.82, 2.24) is 15.5 Å². The molecule has 7 nitrogen and oxygen atoms in total. The van der Waals surface area contributed by atoms with Crippen molar-refractivity contribution in [2.24, 2.45) is 4.99 Å². The van der Waals surface area contributed by atoms with Crippen LogP contribution in [0.4, 0.5) is 5.69 Å². The predicted octanol–water partition coefficient (Wildman–Crippen LogP) is 1.74. The number of aliphatic imine (C=N–C) groups is 1. The van der Waals surface area contributed by atoms with Crippen molar-refractivity contribution in [1.29, 1.82) is 0 Å². The van der Waals surface area contributed by atoms with E-state index < -0.39 is 10.0 Å². The summed E-state index contributed by atoms with van der Waals surface area (Å²) in [5.41, 5.74) is 1.47. The third kappa shape index (κ3) is 5.84. The largest absolute Gasteiger partial charge is 0.352 e. The molecule has 0 aromatic heterocycles. The molecule has 3 rings (SSSR count). The van der Waals surface area contributed by atoms with E-state index in [1.165, 1.54) is 25.7 Å². The Balaban J connectivity index is 1.53. The van der Waals surface area contributed by atoms with Gasteiger partial charge in [-0.25, -0.2) is 8.42 Å². The highest BCUT2D eigenvalue weighted by atomic mass is 32.2. The van der Waals surface area contributed by atoms with Crippen LogP contribution in [0.5, 0.6) is 0 Å². The predicted molar refractivity (Wildman–Crippen MR) is 110 cm³/mol. The van der Waals surface area contributed by atoms with Gasteiger partial charge in [-0.15, -0.1) is 0 Å². The van der Waals surface area contributed by atoms with E-state index in [2.05, 4.69) is 25.2 Å². The minimum Gasteiger partial charge on any atom is -0.352 e. The number of guanidine groups is 1. The van der Waals surface area contributed by atoms with E-state index in [-0.39, 0.29) is 0 Å². The average Bonchev–Trinajstić information content (AvgIpc) is 3.30. The molecule has 0 spiro atoms. The molecule has 0 amide bonds. The Kier molecular flexibility index (Phi) is 6.59. The molecule has 0 bridgehead atoms. The molecule has 0 radical (unpaired) electrons. The Morgan fingerprint density at radius 2 is 1.96 bits per heavy atom. The molecule has 2 fully saturated rings. The van der Waals surface area contributed by atoms with Crippen LogP contribution in [-0.4, -0.2) is 57.8 Å². The first-order valence-corrected chi connectivity index (χ1v) is 11.6. The third-order valence-corrected chi connectivity index (χ3v) is 5.97. The Bertz CT molecular complexity index is 759. The van der Waals surface area contributed by atoms with E-state index >= 15 is 0 Å². The SMILES string of the molecule is CN=C(NCc1ccccc1NS(C)(=O)=O)NC1CCN(C2CCCC2)C1.